The molecule has 1 aromatic heterocycles. The van der Waals surface area contributed by atoms with Crippen LogP contribution in [0.25, 0.3) is 11.1 Å². The van der Waals surface area contributed by atoms with E-state index in [4.69, 9.17) is 10.8 Å². The second-order valence-electron chi connectivity index (χ2n) is 6.83. The number of hydrogen-bond acceptors (Lipinski definition) is 4. The zero-order valence-electron chi connectivity index (χ0n) is 16.1. The summed E-state index contributed by atoms with van der Waals surface area (Å²) in [6, 6.07) is 9.84. The number of rotatable bonds is 9. The summed E-state index contributed by atoms with van der Waals surface area (Å²) in [5, 5.41) is 16.5. The topological polar surface area (TPSA) is 77.7 Å². The first-order valence-corrected chi connectivity index (χ1v) is 9.29. The number of hydrogen-bond donors (Lipinski definition) is 2. The fraction of sp³-hybridized carbons (Fsp3) is 0.364. The van der Waals surface area contributed by atoms with Gasteiger partial charge in [0.25, 0.3) is 0 Å². The predicted molar refractivity (Wildman–Crippen MR) is 107 cm³/mol. The number of halogens is 1. The van der Waals surface area contributed by atoms with Crippen molar-refractivity contribution < 1.29 is 9.18 Å². The molecule has 4 nitrogen and oxygen atoms in total. The molecule has 0 aliphatic heterocycles. The van der Waals surface area contributed by atoms with Crippen LogP contribution in [0, 0.1) is 28.6 Å². The van der Waals surface area contributed by atoms with Crippen LogP contribution >= 0.6 is 0 Å². The van der Waals surface area contributed by atoms with E-state index in [1.807, 2.05) is 20.8 Å². The third-order valence-electron chi connectivity index (χ3n) is 5.03. The van der Waals surface area contributed by atoms with Gasteiger partial charge in [-0.25, -0.2) is 4.98 Å². The molecule has 27 heavy (non-hydrogen) atoms. The second kappa shape index (κ2) is 9.31. The average Bonchev–Trinajstić information content (AvgIpc) is 2.70. The molecular weight excluding hydrogens is 341 g/mol. The van der Waals surface area contributed by atoms with Gasteiger partial charge < -0.3 is 10.8 Å². The molecule has 0 unspecified atom stereocenters. The second-order valence-corrected chi connectivity index (χ2v) is 6.83. The maximum atomic E-state index is 12.9. The van der Waals surface area contributed by atoms with Crippen LogP contribution in [0.5, 0.6) is 0 Å². The number of pyridine rings is 1. The van der Waals surface area contributed by atoms with Gasteiger partial charge in [-0.1, -0.05) is 45.0 Å². The van der Waals surface area contributed by atoms with Gasteiger partial charge in [-0.15, -0.1) is 0 Å². The Labute approximate surface area is 159 Å². The summed E-state index contributed by atoms with van der Waals surface area (Å²) in [6.07, 6.45) is 3.44. The van der Waals surface area contributed by atoms with Gasteiger partial charge in [0, 0.05) is 29.0 Å². The van der Waals surface area contributed by atoms with Crippen molar-refractivity contribution in [3.63, 3.8) is 0 Å². The fourth-order valence-electron chi connectivity index (χ4n) is 2.87. The van der Waals surface area contributed by atoms with Crippen molar-refractivity contribution in [3.8, 4) is 11.1 Å². The molecule has 2 N–H and O–H groups in total. The third kappa shape index (κ3) is 5.16. The van der Waals surface area contributed by atoms with E-state index in [1.54, 1.807) is 30.3 Å². The highest BCUT2D eigenvalue weighted by atomic mass is 19.1. The van der Waals surface area contributed by atoms with Crippen LogP contribution in [-0.2, 0) is 0 Å². The molecule has 0 aliphatic rings. The van der Waals surface area contributed by atoms with Gasteiger partial charge in [-0.2, -0.15) is 4.39 Å². The molecule has 2 aromatic rings. The lowest BCUT2D eigenvalue weighted by Crippen LogP contribution is -2.26. The first kappa shape index (κ1) is 20.6. The smallest absolute Gasteiger partial charge is 0.212 e. The lowest BCUT2D eigenvalue weighted by atomic mass is 9.86. The zero-order valence-corrected chi connectivity index (χ0v) is 16.1. The Bertz CT molecular complexity index is 812. The summed E-state index contributed by atoms with van der Waals surface area (Å²) in [6.45, 7) is 5.99. The van der Waals surface area contributed by atoms with Gasteiger partial charge in [-0.05, 0) is 42.9 Å². The Kier molecular flexibility index (Phi) is 7.11. The van der Waals surface area contributed by atoms with Gasteiger partial charge in [0.1, 0.15) is 0 Å². The average molecular weight is 367 g/mol. The molecule has 0 saturated carbocycles. The molecule has 1 heterocycles. The van der Waals surface area contributed by atoms with Crippen molar-refractivity contribution in [3.05, 3.63) is 54.1 Å². The van der Waals surface area contributed by atoms with Gasteiger partial charge >= 0.3 is 0 Å². The Morgan fingerprint density at radius 1 is 1.04 bits per heavy atom. The number of ketones is 1. The summed E-state index contributed by atoms with van der Waals surface area (Å²) >= 11 is 0. The van der Waals surface area contributed by atoms with Crippen LogP contribution in [0.2, 0.25) is 0 Å². The van der Waals surface area contributed by atoms with Crippen LogP contribution in [0.3, 0.4) is 0 Å². The molecule has 2 atom stereocenters. The van der Waals surface area contributed by atoms with Crippen molar-refractivity contribution >= 4 is 17.2 Å². The van der Waals surface area contributed by atoms with Crippen molar-refractivity contribution in [1.82, 2.24) is 4.98 Å². The molecule has 5 heteroatoms. The highest BCUT2D eigenvalue weighted by Crippen LogP contribution is 2.22. The number of nitrogens with zero attached hydrogens (tertiary/aromatic N) is 1. The van der Waals surface area contributed by atoms with E-state index in [2.05, 4.69) is 4.98 Å². The number of carbonyl (C=O) groups is 1. The van der Waals surface area contributed by atoms with Crippen LogP contribution in [0.4, 0.5) is 4.39 Å². The van der Waals surface area contributed by atoms with Crippen LogP contribution < -0.4 is 0 Å². The molecule has 0 spiro atoms. The minimum atomic E-state index is -0.535. The van der Waals surface area contributed by atoms with E-state index in [0.717, 1.165) is 17.5 Å². The summed E-state index contributed by atoms with van der Waals surface area (Å²) in [5.74, 6) is -0.902. The summed E-state index contributed by atoms with van der Waals surface area (Å²) in [7, 11) is 0. The molecule has 0 amide bonds. The fourth-order valence-corrected chi connectivity index (χ4v) is 2.87. The molecule has 0 aliphatic carbocycles. The monoisotopic (exact) mass is 367 g/mol. The Hall–Kier alpha value is -2.69. The zero-order chi connectivity index (χ0) is 20.0. The van der Waals surface area contributed by atoms with Crippen LogP contribution in [-0.4, -0.2) is 22.2 Å². The van der Waals surface area contributed by atoms with E-state index < -0.39 is 5.95 Å². The Morgan fingerprint density at radius 2 is 1.67 bits per heavy atom. The van der Waals surface area contributed by atoms with Crippen LogP contribution in [0.1, 0.15) is 50.4 Å². The minimum absolute atomic E-state index is 0.0572. The maximum absolute atomic E-state index is 12.9. The molecule has 0 radical (unpaired) electrons. The van der Waals surface area contributed by atoms with E-state index in [-0.39, 0.29) is 23.3 Å². The normalized spacial score (nSPS) is 13.0. The molecule has 142 valence electrons. The summed E-state index contributed by atoms with van der Waals surface area (Å²) in [4.78, 5) is 16.3. The number of carbonyl (C=O) groups excluding carboxylic acids is 1. The van der Waals surface area contributed by atoms with E-state index in [0.29, 0.717) is 24.1 Å². The Morgan fingerprint density at radius 3 is 2.19 bits per heavy atom. The third-order valence-corrected chi connectivity index (χ3v) is 5.03. The lowest BCUT2D eigenvalue weighted by Gasteiger charge is -2.19. The molecular formula is C22H26FN3O. The van der Waals surface area contributed by atoms with E-state index in [1.165, 1.54) is 12.3 Å². The first-order valence-electron chi connectivity index (χ1n) is 9.29. The molecule has 2 rings (SSSR count). The van der Waals surface area contributed by atoms with Crippen molar-refractivity contribution in [2.75, 3.05) is 0 Å². The van der Waals surface area contributed by atoms with Gasteiger partial charge in [0.2, 0.25) is 11.7 Å². The largest absolute Gasteiger partial charge is 0.309 e. The summed E-state index contributed by atoms with van der Waals surface area (Å²) in [5.41, 5.74) is 2.70. The highest BCUT2D eigenvalue weighted by molar-refractivity contribution is 6.45. The predicted octanol–water partition coefficient (Wildman–Crippen LogP) is 5.57. The van der Waals surface area contributed by atoms with Gasteiger partial charge in [0.05, 0.1) is 5.71 Å². The van der Waals surface area contributed by atoms with E-state index >= 15 is 0 Å². The lowest BCUT2D eigenvalue weighted by molar-refractivity contribution is 0.105. The minimum Gasteiger partial charge on any atom is -0.309 e. The standard InChI is InChI=1S/C22H26FN3O/c1-4-14(3)19(24)12-15(5-2)21(25)22(27)17-8-6-16(7-9-17)18-10-11-20(23)26-13-18/h6-11,13-15,24-25H,4-5,12H2,1-3H3/t14-,15+/m1/s1. The maximum Gasteiger partial charge on any atom is 0.212 e. The van der Waals surface area contributed by atoms with Crippen molar-refractivity contribution in [1.29, 1.82) is 10.8 Å². The van der Waals surface area contributed by atoms with Crippen LogP contribution in [0.15, 0.2) is 42.6 Å². The summed E-state index contributed by atoms with van der Waals surface area (Å²) < 4.78 is 12.9. The number of Topliss-reactive ketones (excluding diaryl/α,β-unsaturated/α-hetero) is 1. The van der Waals surface area contributed by atoms with E-state index in [9.17, 15) is 9.18 Å². The van der Waals surface area contributed by atoms with Crippen molar-refractivity contribution in [2.24, 2.45) is 11.8 Å². The first-order chi connectivity index (χ1) is 12.9. The number of benzene rings is 1. The SMILES string of the molecule is CC[C@@H](CC(=N)[C@H](C)CC)C(=N)C(=O)c1ccc(-c2ccc(F)nc2)cc1. The quantitative estimate of drug-likeness (QED) is 0.345. The molecule has 0 bridgehead atoms. The van der Waals surface area contributed by atoms with Gasteiger partial charge in [0.15, 0.2) is 0 Å². The van der Waals surface area contributed by atoms with Gasteiger partial charge in [-0.3, -0.25) is 4.79 Å². The molecule has 0 fully saturated rings. The number of aromatic nitrogens is 1. The molecule has 1 aromatic carbocycles. The van der Waals surface area contributed by atoms with Crippen molar-refractivity contribution in [2.45, 2.75) is 40.0 Å². The molecule has 0 saturated heterocycles. The Balaban J connectivity index is 2.12. The number of nitrogens with one attached hydrogen (secondary N) is 2. The highest BCUT2D eigenvalue weighted by Gasteiger charge is 2.23.